The molecule has 2 heterocycles. The number of nitrogens with one attached hydrogen (secondary N) is 1. The summed E-state index contributed by atoms with van der Waals surface area (Å²) in [5.41, 5.74) is 3.25. The van der Waals surface area contributed by atoms with Crippen molar-refractivity contribution in [1.29, 1.82) is 5.26 Å². The SMILES string of the molecule is Cc1ccc(-c2noc(-c3cc(C#N)c[nH]3)n2)cc1. The van der Waals surface area contributed by atoms with E-state index >= 15 is 0 Å². The number of nitrogens with zero attached hydrogens (tertiary/aromatic N) is 3. The topological polar surface area (TPSA) is 78.5 Å². The summed E-state index contributed by atoms with van der Waals surface area (Å²) >= 11 is 0. The molecule has 92 valence electrons. The maximum absolute atomic E-state index is 8.77. The van der Waals surface area contributed by atoms with Gasteiger partial charge >= 0.3 is 0 Å². The second-order valence-corrected chi connectivity index (χ2v) is 4.20. The molecule has 2 aromatic heterocycles. The molecule has 0 radical (unpaired) electrons. The van der Waals surface area contributed by atoms with Crippen molar-refractivity contribution in [3.05, 3.63) is 47.7 Å². The van der Waals surface area contributed by atoms with Crippen LogP contribution in [0.15, 0.2) is 41.1 Å². The molecule has 0 atom stereocenters. The van der Waals surface area contributed by atoms with E-state index in [-0.39, 0.29) is 0 Å². The summed E-state index contributed by atoms with van der Waals surface area (Å²) in [6.45, 7) is 2.02. The van der Waals surface area contributed by atoms with E-state index in [4.69, 9.17) is 9.78 Å². The highest BCUT2D eigenvalue weighted by atomic mass is 16.5. The molecule has 0 unspecified atom stereocenters. The summed E-state index contributed by atoms with van der Waals surface area (Å²) in [6.07, 6.45) is 1.60. The Labute approximate surface area is 109 Å². The van der Waals surface area contributed by atoms with Crippen LogP contribution in [0, 0.1) is 18.3 Å². The van der Waals surface area contributed by atoms with Crippen molar-refractivity contribution in [2.45, 2.75) is 6.92 Å². The lowest BCUT2D eigenvalue weighted by atomic mass is 10.1. The fraction of sp³-hybridized carbons (Fsp3) is 0.0714. The molecular formula is C14H10N4O. The van der Waals surface area contributed by atoms with Gasteiger partial charge in [-0.1, -0.05) is 35.0 Å². The van der Waals surface area contributed by atoms with E-state index < -0.39 is 0 Å². The van der Waals surface area contributed by atoms with Gasteiger partial charge in [0.2, 0.25) is 5.82 Å². The van der Waals surface area contributed by atoms with Gasteiger partial charge in [-0.05, 0) is 13.0 Å². The van der Waals surface area contributed by atoms with Crippen LogP contribution in [-0.2, 0) is 0 Å². The number of hydrogen-bond acceptors (Lipinski definition) is 4. The third-order valence-electron chi connectivity index (χ3n) is 2.78. The first kappa shape index (κ1) is 11.2. The standard InChI is InChI=1S/C14H10N4O/c1-9-2-4-11(5-3-9)13-17-14(19-18-13)12-6-10(7-15)8-16-12/h2-6,8,16H,1H3. The van der Waals surface area contributed by atoms with Crippen LogP contribution in [0.5, 0.6) is 0 Å². The number of aromatic amines is 1. The van der Waals surface area contributed by atoms with Crippen LogP contribution in [0.2, 0.25) is 0 Å². The first-order valence-corrected chi connectivity index (χ1v) is 5.76. The zero-order chi connectivity index (χ0) is 13.2. The maximum atomic E-state index is 8.77. The number of aryl methyl sites for hydroxylation is 1. The van der Waals surface area contributed by atoms with Crippen molar-refractivity contribution in [3.8, 4) is 29.0 Å². The first-order chi connectivity index (χ1) is 9.26. The van der Waals surface area contributed by atoms with Crippen LogP contribution in [-0.4, -0.2) is 15.1 Å². The van der Waals surface area contributed by atoms with Crippen molar-refractivity contribution in [1.82, 2.24) is 15.1 Å². The highest BCUT2D eigenvalue weighted by molar-refractivity contribution is 5.59. The number of rotatable bonds is 2. The summed E-state index contributed by atoms with van der Waals surface area (Å²) in [7, 11) is 0. The summed E-state index contributed by atoms with van der Waals surface area (Å²) in [5.74, 6) is 0.903. The van der Waals surface area contributed by atoms with Gasteiger partial charge in [0.05, 0.1) is 5.56 Å². The van der Waals surface area contributed by atoms with Gasteiger partial charge in [0, 0.05) is 11.8 Å². The Morgan fingerprint density at radius 1 is 1.26 bits per heavy atom. The Morgan fingerprint density at radius 3 is 2.74 bits per heavy atom. The molecule has 5 nitrogen and oxygen atoms in total. The Bertz CT molecular complexity index is 746. The summed E-state index contributed by atoms with van der Waals surface area (Å²) in [6, 6.07) is 11.6. The van der Waals surface area contributed by atoms with Crippen molar-refractivity contribution >= 4 is 0 Å². The first-order valence-electron chi connectivity index (χ1n) is 5.76. The molecule has 0 aliphatic carbocycles. The second kappa shape index (κ2) is 4.42. The van der Waals surface area contributed by atoms with Gasteiger partial charge in [-0.3, -0.25) is 0 Å². The van der Waals surface area contributed by atoms with Gasteiger partial charge in [0.1, 0.15) is 11.8 Å². The van der Waals surface area contributed by atoms with Gasteiger partial charge in [-0.2, -0.15) is 10.2 Å². The lowest BCUT2D eigenvalue weighted by molar-refractivity contribution is 0.431. The van der Waals surface area contributed by atoms with Crippen molar-refractivity contribution < 1.29 is 4.52 Å². The van der Waals surface area contributed by atoms with Crippen LogP contribution in [0.1, 0.15) is 11.1 Å². The fourth-order valence-corrected chi connectivity index (χ4v) is 1.74. The summed E-state index contributed by atoms with van der Waals surface area (Å²) < 4.78 is 5.19. The molecule has 0 spiro atoms. The molecule has 1 N–H and O–H groups in total. The van der Waals surface area contributed by atoms with Crippen molar-refractivity contribution in [2.24, 2.45) is 0 Å². The Morgan fingerprint density at radius 2 is 2.05 bits per heavy atom. The number of benzene rings is 1. The molecular weight excluding hydrogens is 240 g/mol. The van der Waals surface area contributed by atoms with Crippen molar-refractivity contribution in [3.63, 3.8) is 0 Å². The lowest BCUT2D eigenvalue weighted by Gasteiger charge is -1.94. The molecule has 5 heteroatoms. The van der Waals surface area contributed by atoms with E-state index in [1.54, 1.807) is 12.3 Å². The molecule has 0 fully saturated rings. The van der Waals surface area contributed by atoms with Crippen LogP contribution in [0.4, 0.5) is 0 Å². The predicted octanol–water partition coefficient (Wildman–Crippen LogP) is 2.91. The van der Waals surface area contributed by atoms with E-state index in [1.807, 2.05) is 37.3 Å². The second-order valence-electron chi connectivity index (χ2n) is 4.20. The number of H-pyrrole nitrogens is 1. The van der Waals surface area contributed by atoms with E-state index in [9.17, 15) is 0 Å². The molecule has 0 saturated heterocycles. The van der Waals surface area contributed by atoms with E-state index in [0.29, 0.717) is 23.0 Å². The minimum absolute atomic E-state index is 0.372. The minimum Gasteiger partial charge on any atom is -0.356 e. The minimum atomic E-state index is 0.372. The smallest absolute Gasteiger partial charge is 0.274 e. The Kier molecular flexibility index (Phi) is 2.62. The average molecular weight is 250 g/mol. The van der Waals surface area contributed by atoms with Gasteiger partial charge in [0.15, 0.2) is 0 Å². The molecule has 3 rings (SSSR count). The normalized spacial score (nSPS) is 10.3. The Balaban J connectivity index is 1.95. The molecule has 0 saturated carbocycles. The number of hydrogen-bond donors (Lipinski definition) is 1. The zero-order valence-corrected chi connectivity index (χ0v) is 10.2. The van der Waals surface area contributed by atoms with E-state index in [1.165, 1.54) is 5.56 Å². The number of aromatic nitrogens is 3. The molecule has 19 heavy (non-hydrogen) atoms. The highest BCUT2D eigenvalue weighted by Crippen LogP contribution is 2.22. The van der Waals surface area contributed by atoms with Crippen LogP contribution >= 0.6 is 0 Å². The largest absolute Gasteiger partial charge is 0.356 e. The van der Waals surface area contributed by atoms with Gasteiger partial charge in [-0.15, -0.1) is 0 Å². The Hall–Kier alpha value is -2.87. The molecule has 3 aromatic rings. The van der Waals surface area contributed by atoms with Gasteiger partial charge in [0.25, 0.3) is 5.89 Å². The monoisotopic (exact) mass is 250 g/mol. The molecule has 0 aliphatic rings. The molecule has 0 bridgehead atoms. The average Bonchev–Trinajstić information content (AvgIpc) is 3.08. The third-order valence-corrected chi connectivity index (χ3v) is 2.78. The molecule has 1 aromatic carbocycles. The summed E-state index contributed by atoms with van der Waals surface area (Å²) in [4.78, 5) is 7.24. The van der Waals surface area contributed by atoms with Gasteiger partial charge in [-0.25, -0.2) is 0 Å². The zero-order valence-electron chi connectivity index (χ0n) is 10.2. The predicted molar refractivity (Wildman–Crippen MR) is 69.0 cm³/mol. The lowest BCUT2D eigenvalue weighted by Crippen LogP contribution is -1.81. The third kappa shape index (κ3) is 2.11. The maximum Gasteiger partial charge on any atom is 0.274 e. The van der Waals surface area contributed by atoms with Gasteiger partial charge < -0.3 is 9.51 Å². The van der Waals surface area contributed by atoms with Crippen LogP contribution in [0.25, 0.3) is 23.0 Å². The van der Waals surface area contributed by atoms with Crippen molar-refractivity contribution in [2.75, 3.05) is 0 Å². The molecule has 0 aliphatic heterocycles. The quantitative estimate of drug-likeness (QED) is 0.758. The van der Waals surface area contributed by atoms with E-state index in [2.05, 4.69) is 15.1 Å². The summed E-state index contributed by atoms with van der Waals surface area (Å²) in [5, 5.41) is 12.7. The highest BCUT2D eigenvalue weighted by Gasteiger charge is 2.12. The van der Waals surface area contributed by atoms with Crippen LogP contribution in [0.3, 0.4) is 0 Å². The van der Waals surface area contributed by atoms with Crippen LogP contribution < -0.4 is 0 Å². The fourth-order valence-electron chi connectivity index (χ4n) is 1.74. The number of nitriles is 1. The van der Waals surface area contributed by atoms with E-state index in [0.717, 1.165) is 5.56 Å². The molecule has 0 amide bonds.